The maximum absolute atomic E-state index is 10.7. The lowest BCUT2D eigenvalue weighted by Gasteiger charge is -2.04. The highest BCUT2D eigenvalue weighted by Gasteiger charge is 2.11. The molecule has 3 N–H and O–H groups in total. The van der Waals surface area contributed by atoms with Gasteiger partial charge in [-0.05, 0) is 22.8 Å². The number of benzene rings is 2. The SMILES string of the molecule is Nc1noc2cccc(-c3ccc(CC(=O)O)cc3)c12. The fourth-order valence-electron chi connectivity index (χ4n) is 2.23. The zero-order valence-corrected chi connectivity index (χ0v) is 10.5. The van der Waals surface area contributed by atoms with Gasteiger partial charge < -0.3 is 15.4 Å². The molecule has 0 fully saturated rings. The Labute approximate surface area is 114 Å². The molecular weight excluding hydrogens is 256 g/mol. The van der Waals surface area contributed by atoms with Crippen LogP contribution in [0.2, 0.25) is 0 Å². The number of carboxylic acids is 1. The minimum absolute atomic E-state index is 0.0138. The summed E-state index contributed by atoms with van der Waals surface area (Å²) in [5.41, 5.74) is 9.08. The third-order valence-electron chi connectivity index (χ3n) is 3.14. The Morgan fingerprint density at radius 3 is 2.65 bits per heavy atom. The molecule has 0 aliphatic heterocycles. The smallest absolute Gasteiger partial charge is 0.307 e. The topological polar surface area (TPSA) is 89.4 Å². The Kier molecular flexibility index (Phi) is 2.87. The van der Waals surface area contributed by atoms with Crippen LogP contribution in [0.3, 0.4) is 0 Å². The standard InChI is InChI=1S/C15H12N2O3/c16-15-14-11(2-1-3-12(14)20-17-15)10-6-4-9(5-7-10)8-13(18)19/h1-7H,8H2,(H2,16,17)(H,18,19). The number of carboxylic acid groups (broad SMARTS) is 1. The Morgan fingerprint density at radius 1 is 1.20 bits per heavy atom. The zero-order chi connectivity index (χ0) is 14.1. The van der Waals surface area contributed by atoms with E-state index in [1.807, 2.05) is 24.3 Å². The molecule has 0 aliphatic rings. The number of carbonyl (C=O) groups is 1. The lowest BCUT2D eigenvalue weighted by Crippen LogP contribution is -1.99. The first-order valence-corrected chi connectivity index (χ1v) is 6.10. The van der Waals surface area contributed by atoms with Crippen LogP contribution in [-0.2, 0) is 11.2 Å². The van der Waals surface area contributed by atoms with E-state index in [0.29, 0.717) is 11.4 Å². The average molecular weight is 268 g/mol. The molecule has 2 aromatic carbocycles. The summed E-state index contributed by atoms with van der Waals surface area (Å²) in [6, 6.07) is 13.0. The van der Waals surface area contributed by atoms with E-state index >= 15 is 0 Å². The van der Waals surface area contributed by atoms with Crippen molar-refractivity contribution >= 4 is 22.8 Å². The van der Waals surface area contributed by atoms with Crippen molar-refractivity contribution in [2.45, 2.75) is 6.42 Å². The van der Waals surface area contributed by atoms with Crippen molar-refractivity contribution in [1.29, 1.82) is 0 Å². The van der Waals surface area contributed by atoms with Crippen LogP contribution in [0.1, 0.15) is 5.56 Å². The molecule has 1 aromatic heterocycles. The number of aromatic nitrogens is 1. The van der Waals surface area contributed by atoms with Gasteiger partial charge in [0.15, 0.2) is 11.4 Å². The molecule has 0 saturated heterocycles. The molecule has 0 aliphatic carbocycles. The Bertz CT molecular complexity index is 775. The van der Waals surface area contributed by atoms with Gasteiger partial charge in [0.25, 0.3) is 0 Å². The summed E-state index contributed by atoms with van der Waals surface area (Å²) in [6.07, 6.45) is 0.0138. The first-order valence-electron chi connectivity index (χ1n) is 6.10. The molecule has 0 radical (unpaired) electrons. The molecule has 0 unspecified atom stereocenters. The van der Waals surface area contributed by atoms with Gasteiger partial charge in [0.2, 0.25) is 0 Å². The van der Waals surface area contributed by atoms with E-state index in [4.69, 9.17) is 15.4 Å². The van der Waals surface area contributed by atoms with E-state index in [9.17, 15) is 4.79 Å². The monoisotopic (exact) mass is 268 g/mol. The predicted molar refractivity (Wildman–Crippen MR) is 75.2 cm³/mol. The minimum atomic E-state index is -0.844. The van der Waals surface area contributed by atoms with E-state index in [0.717, 1.165) is 22.1 Å². The van der Waals surface area contributed by atoms with Crippen LogP contribution < -0.4 is 5.73 Å². The number of rotatable bonds is 3. The highest BCUT2D eigenvalue weighted by Crippen LogP contribution is 2.32. The van der Waals surface area contributed by atoms with E-state index < -0.39 is 5.97 Å². The third kappa shape index (κ3) is 2.09. The highest BCUT2D eigenvalue weighted by molar-refractivity contribution is 6.00. The van der Waals surface area contributed by atoms with Crippen LogP contribution in [-0.4, -0.2) is 16.2 Å². The predicted octanol–water partition coefficient (Wildman–Crippen LogP) is 2.70. The van der Waals surface area contributed by atoms with E-state index in [1.165, 1.54) is 0 Å². The summed E-state index contributed by atoms with van der Waals surface area (Å²) in [6.45, 7) is 0. The van der Waals surface area contributed by atoms with Crippen molar-refractivity contribution in [2.75, 3.05) is 5.73 Å². The molecule has 0 atom stereocenters. The van der Waals surface area contributed by atoms with Crippen molar-refractivity contribution in [3.63, 3.8) is 0 Å². The second-order valence-corrected chi connectivity index (χ2v) is 4.51. The number of aliphatic carboxylic acids is 1. The normalized spacial score (nSPS) is 10.8. The van der Waals surface area contributed by atoms with Crippen LogP contribution >= 0.6 is 0 Å². The summed E-state index contributed by atoms with van der Waals surface area (Å²) >= 11 is 0. The summed E-state index contributed by atoms with van der Waals surface area (Å²) < 4.78 is 5.13. The van der Waals surface area contributed by atoms with Gasteiger partial charge in [0.1, 0.15) is 0 Å². The second-order valence-electron chi connectivity index (χ2n) is 4.51. The molecule has 0 amide bonds. The van der Waals surface area contributed by atoms with Crippen molar-refractivity contribution in [3.8, 4) is 11.1 Å². The number of anilines is 1. The molecule has 5 nitrogen and oxygen atoms in total. The fraction of sp³-hybridized carbons (Fsp3) is 0.0667. The zero-order valence-electron chi connectivity index (χ0n) is 10.5. The quantitative estimate of drug-likeness (QED) is 0.762. The first kappa shape index (κ1) is 12.2. The number of nitrogen functional groups attached to an aromatic ring is 1. The van der Waals surface area contributed by atoms with Crippen LogP contribution in [0.5, 0.6) is 0 Å². The van der Waals surface area contributed by atoms with Gasteiger partial charge in [-0.3, -0.25) is 4.79 Å². The molecule has 3 rings (SSSR count). The number of fused-ring (bicyclic) bond motifs is 1. The van der Waals surface area contributed by atoms with Crippen LogP contribution in [0.15, 0.2) is 47.0 Å². The van der Waals surface area contributed by atoms with E-state index in [-0.39, 0.29) is 6.42 Å². The third-order valence-corrected chi connectivity index (χ3v) is 3.14. The van der Waals surface area contributed by atoms with E-state index in [2.05, 4.69) is 5.16 Å². The maximum atomic E-state index is 10.7. The number of nitrogens with two attached hydrogens (primary N) is 1. The van der Waals surface area contributed by atoms with Gasteiger partial charge in [-0.15, -0.1) is 0 Å². The van der Waals surface area contributed by atoms with Crippen molar-refractivity contribution in [1.82, 2.24) is 5.16 Å². The minimum Gasteiger partial charge on any atom is -0.481 e. The fourth-order valence-corrected chi connectivity index (χ4v) is 2.23. The number of nitrogens with zero attached hydrogens (tertiary/aromatic N) is 1. The van der Waals surface area contributed by atoms with Crippen molar-refractivity contribution < 1.29 is 14.4 Å². The van der Waals surface area contributed by atoms with Crippen LogP contribution in [0.25, 0.3) is 22.1 Å². The van der Waals surface area contributed by atoms with Crippen molar-refractivity contribution in [3.05, 3.63) is 48.0 Å². The van der Waals surface area contributed by atoms with E-state index in [1.54, 1.807) is 18.2 Å². The van der Waals surface area contributed by atoms with Gasteiger partial charge in [-0.25, -0.2) is 0 Å². The Morgan fingerprint density at radius 2 is 1.95 bits per heavy atom. The number of hydrogen-bond donors (Lipinski definition) is 2. The van der Waals surface area contributed by atoms with Gasteiger partial charge in [0.05, 0.1) is 11.8 Å². The summed E-state index contributed by atoms with van der Waals surface area (Å²) in [5.74, 6) is -0.492. The van der Waals surface area contributed by atoms with Gasteiger partial charge in [-0.1, -0.05) is 41.6 Å². The first-order chi connectivity index (χ1) is 9.65. The molecule has 0 bridgehead atoms. The van der Waals surface area contributed by atoms with Crippen LogP contribution in [0.4, 0.5) is 5.82 Å². The molecule has 3 aromatic rings. The average Bonchev–Trinajstić information content (AvgIpc) is 2.81. The summed E-state index contributed by atoms with van der Waals surface area (Å²) in [4.78, 5) is 10.7. The molecule has 20 heavy (non-hydrogen) atoms. The molecule has 1 heterocycles. The van der Waals surface area contributed by atoms with Crippen LogP contribution in [0, 0.1) is 0 Å². The second kappa shape index (κ2) is 4.70. The highest BCUT2D eigenvalue weighted by atomic mass is 16.5. The summed E-state index contributed by atoms with van der Waals surface area (Å²) in [5, 5.41) is 13.3. The molecule has 0 spiro atoms. The lowest BCUT2D eigenvalue weighted by molar-refractivity contribution is -0.136. The largest absolute Gasteiger partial charge is 0.481 e. The van der Waals surface area contributed by atoms with Gasteiger partial charge in [-0.2, -0.15) is 0 Å². The molecule has 5 heteroatoms. The lowest BCUT2D eigenvalue weighted by atomic mass is 10.00. The maximum Gasteiger partial charge on any atom is 0.307 e. The summed E-state index contributed by atoms with van der Waals surface area (Å²) in [7, 11) is 0. The molecule has 0 saturated carbocycles. The number of hydrogen-bond acceptors (Lipinski definition) is 4. The molecular formula is C15H12N2O3. The van der Waals surface area contributed by atoms with Gasteiger partial charge in [0, 0.05) is 0 Å². The Balaban J connectivity index is 2.07. The molecule has 100 valence electrons. The van der Waals surface area contributed by atoms with Crippen molar-refractivity contribution in [2.24, 2.45) is 0 Å². The Hall–Kier alpha value is -2.82. The van der Waals surface area contributed by atoms with Gasteiger partial charge >= 0.3 is 5.97 Å².